The average Bonchev–Trinajstić information content (AvgIpc) is 2.64. The van der Waals surface area contributed by atoms with Crippen molar-refractivity contribution in [3.8, 4) is 0 Å². The molecule has 0 unspecified atom stereocenters. The van der Waals surface area contributed by atoms with Gasteiger partial charge >= 0.3 is 6.03 Å². The highest BCUT2D eigenvalue weighted by molar-refractivity contribution is 6.31. The lowest BCUT2D eigenvalue weighted by atomic mass is 9.94. The third-order valence-electron chi connectivity index (χ3n) is 4.40. The molecule has 0 saturated heterocycles. The number of amides is 3. The lowest BCUT2D eigenvalue weighted by Gasteiger charge is -2.28. The summed E-state index contributed by atoms with van der Waals surface area (Å²) in [5.41, 5.74) is 2.54. The molecule has 144 valence electrons. The Bertz CT molecular complexity index is 1000. The van der Waals surface area contributed by atoms with Crippen LogP contribution in [0.1, 0.15) is 24.1 Å². The molecule has 1 atom stereocenters. The molecule has 0 aliphatic carbocycles. The van der Waals surface area contributed by atoms with Crippen LogP contribution in [-0.4, -0.2) is 16.9 Å². The molecule has 8 nitrogen and oxygen atoms in total. The Morgan fingerprint density at radius 2 is 1.86 bits per heavy atom. The van der Waals surface area contributed by atoms with Crippen LogP contribution in [0.5, 0.6) is 0 Å². The summed E-state index contributed by atoms with van der Waals surface area (Å²) in [6.07, 6.45) is 0. The number of non-ortho nitro benzene ring substituents is 1. The second kappa shape index (κ2) is 7.69. The van der Waals surface area contributed by atoms with Crippen molar-refractivity contribution in [1.82, 2.24) is 10.6 Å². The van der Waals surface area contributed by atoms with Gasteiger partial charge in [-0.1, -0.05) is 17.7 Å². The van der Waals surface area contributed by atoms with Crippen LogP contribution in [0, 0.1) is 17.0 Å². The minimum Gasteiger partial charge on any atom is -0.327 e. The molecule has 3 N–H and O–H groups in total. The molecule has 9 heteroatoms. The van der Waals surface area contributed by atoms with E-state index in [0.717, 1.165) is 5.56 Å². The Labute approximate surface area is 165 Å². The molecule has 0 bridgehead atoms. The maximum atomic E-state index is 13.0. The van der Waals surface area contributed by atoms with Gasteiger partial charge in [0.15, 0.2) is 0 Å². The number of hydrogen-bond acceptors (Lipinski definition) is 4. The second-order valence-corrected chi connectivity index (χ2v) is 6.77. The summed E-state index contributed by atoms with van der Waals surface area (Å²) >= 11 is 6.01. The second-order valence-electron chi connectivity index (χ2n) is 6.33. The van der Waals surface area contributed by atoms with Gasteiger partial charge in [0.1, 0.15) is 0 Å². The Kier molecular flexibility index (Phi) is 5.32. The van der Waals surface area contributed by atoms with Gasteiger partial charge in [-0.3, -0.25) is 14.9 Å². The first-order valence-electron chi connectivity index (χ1n) is 8.36. The zero-order chi connectivity index (χ0) is 20.4. The molecule has 0 radical (unpaired) electrons. The number of nitrogens with one attached hydrogen (secondary N) is 3. The number of rotatable bonds is 4. The number of allylic oxidation sites excluding steroid dienone is 1. The van der Waals surface area contributed by atoms with Crippen LogP contribution in [-0.2, 0) is 4.79 Å². The number of halogens is 1. The lowest BCUT2D eigenvalue weighted by molar-refractivity contribution is -0.384. The van der Waals surface area contributed by atoms with Gasteiger partial charge in [0.25, 0.3) is 11.6 Å². The summed E-state index contributed by atoms with van der Waals surface area (Å²) in [7, 11) is 0. The zero-order valence-corrected chi connectivity index (χ0v) is 15.8. The van der Waals surface area contributed by atoms with E-state index in [2.05, 4.69) is 16.0 Å². The molecule has 1 aliphatic heterocycles. The number of urea groups is 1. The van der Waals surface area contributed by atoms with E-state index < -0.39 is 22.9 Å². The fourth-order valence-electron chi connectivity index (χ4n) is 2.95. The third kappa shape index (κ3) is 3.96. The molecule has 0 saturated carbocycles. The van der Waals surface area contributed by atoms with Gasteiger partial charge in [-0.15, -0.1) is 0 Å². The molecule has 0 fully saturated rings. The Morgan fingerprint density at radius 1 is 1.18 bits per heavy atom. The molecular formula is C19H17ClN4O4. The standard InChI is InChI=1S/C19H17ClN4O4/c1-10-3-6-13(20)9-15(10)22-18(25)16-11(2)21-19(26)23-17(16)12-4-7-14(8-5-12)24(27)28/h3-9,17H,1-2H3,(H,22,25)(H2,21,23,26)/t17-/m0/s1. The highest BCUT2D eigenvalue weighted by Gasteiger charge is 2.31. The van der Waals surface area contributed by atoms with E-state index in [1.54, 1.807) is 25.1 Å². The number of hydrogen-bond donors (Lipinski definition) is 3. The van der Waals surface area contributed by atoms with E-state index >= 15 is 0 Å². The van der Waals surface area contributed by atoms with E-state index in [9.17, 15) is 19.7 Å². The van der Waals surface area contributed by atoms with Crippen LogP contribution < -0.4 is 16.0 Å². The summed E-state index contributed by atoms with van der Waals surface area (Å²) in [6, 6.07) is 9.61. The van der Waals surface area contributed by atoms with Crippen molar-refractivity contribution in [1.29, 1.82) is 0 Å². The first kappa shape index (κ1) is 19.4. The fraction of sp³-hybridized carbons (Fsp3) is 0.158. The van der Waals surface area contributed by atoms with Crippen molar-refractivity contribution in [3.05, 3.63) is 80.0 Å². The van der Waals surface area contributed by atoms with Crippen molar-refractivity contribution in [2.24, 2.45) is 0 Å². The molecule has 0 aromatic heterocycles. The van der Waals surface area contributed by atoms with Crippen LogP contribution in [0.3, 0.4) is 0 Å². The van der Waals surface area contributed by atoms with Crippen LogP contribution in [0.4, 0.5) is 16.2 Å². The number of anilines is 1. The summed E-state index contributed by atoms with van der Waals surface area (Å²) < 4.78 is 0. The number of carbonyl (C=O) groups excluding carboxylic acids is 2. The summed E-state index contributed by atoms with van der Waals surface area (Å²) in [4.78, 5) is 35.3. The number of nitrogens with zero attached hydrogens (tertiary/aromatic N) is 1. The Hall–Kier alpha value is -3.39. The Balaban J connectivity index is 1.96. The zero-order valence-electron chi connectivity index (χ0n) is 15.1. The third-order valence-corrected chi connectivity index (χ3v) is 4.63. The first-order valence-corrected chi connectivity index (χ1v) is 8.74. The highest BCUT2D eigenvalue weighted by Crippen LogP contribution is 2.30. The molecule has 3 rings (SSSR count). The van der Waals surface area contributed by atoms with Gasteiger partial charge in [0.05, 0.1) is 16.5 Å². The van der Waals surface area contributed by atoms with Crippen molar-refractivity contribution >= 4 is 34.9 Å². The minimum absolute atomic E-state index is 0.0785. The summed E-state index contributed by atoms with van der Waals surface area (Å²) in [5, 5.41) is 19.4. The van der Waals surface area contributed by atoms with Crippen LogP contribution >= 0.6 is 11.6 Å². The van der Waals surface area contributed by atoms with Gasteiger partial charge in [-0.05, 0) is 49.2 Å². The summed E-state index contributed by atoms with van der Waals surface area (Å²) in [6.45, 7) is 3.46. The first-order chi connectivity index (χ1) is 13.3. The number of nitro groups is 1. The quantitative estimate of drug-likeness (QED) is 0.534. The SMILES string of the molecule is CC1=C(C(=O)Nc2cc(Cl)ccc2C)[C@H](c2ccc([N+](=O)[O-])cc2)NC(=O)N1. The topological polar surface area (TPSA) is 113 Å². The van der Waals surface area contributed by atoms with Gasteiger partial charge in [-0.2, -0.15) is 0 Å². The van der Waals surface area contributed by atoms with Crippen molar-refractivity contribution in [2.75, 3.05) is 5.32 Å². The van der Waals surface area contributed by atoms with E-state index in [-0.39, 0.29) is 5.69 Å². The van der Waals surface area contributed by atoms with E-state index in [0.29, 0.717) is 27.5 Å². The molecule has 1 aliphatic rings. The van der Waals surface area contributed by atoms with Gasteiger partial charge in [-0.25, -0.2) is 4.79 Å². The minimum atomic E-state index is -0.756. The number of aryl methyl sites for hydroxylation is 1. The maximum absolute atomic E-state index is 13.0. The van der Waals surface area contributed by atoms with Crippen molar-refractivity contribution in [2.45, 2.75) is 19.9 Å². The van der Waals surface area contributed by atoms with Gasteiger partial charge < -0.3 is 16.0 Å². The molecule has 2 aromatic carbocycles. The van der Waals surface area contributed by atoms with Crippen molar-refractivity contribution in [3.63, 3.8) is 0 Å². The smallest absolute Gasteiger partial charge is 0.319 e. The molecule has 28 heavy (non-hydrogen) atoms. The Morgan fingerprint density at radius 3 is 2.50 bits per heavy atom. The summed E-state index contributed by atoms with van der Waals surface area (Å²) in [5.74, 6) is -0.418. The molecule has 1 heterocycles. The van der Waals surface area contributed by atoms with E-state index in [1.165, 1.54) is 24.3 Å². The van der Waals surface area contributed by atoms with Gasteiger partial charge in [0.2, 0.25) is 0 Å². The fourth-order valence-corrected chi connectivity index (χ4v) is 3.12. The molecule has 3 amide bonds. The number of carbonyl (C=O) groups is 2. The largest absolute Gasteiger partial charge is 0.327 e. The molecular weight excluding hydrogens is 384 g/mol. The number of nitro benzene ring substituents is 1. The van der Waals surface area contributed by atoms with Crippen LogP contribution in [0.2, 0.25) is 5.02 Å². The van der Waals surface area contributed by atoms with Crippen LogP contribution in [0.15, 0.2) is 53.7 Å². The number of benzene rings is 2. The predicted molar refractivity (Wildman–Crippen MR) is 105 cm³/mol. The average molecular weight is 401 g/mol. The maximum Gasteiger partial charge on any atom is 0.319 e. The van der Waals surface area contributed by atoms with E-state index in [1.807, 2.05) is 6.92 Å². The highest BCUT2D eigenvalue weighted by atomic mass is 35.5. The predicted octanol–water partition coefficient (Wildman–Crippen LogP) is 3.82. The van der Waals surface area contributed by atoms with E-state index in [4.69, 9.17) is 11.6 Å². The van der Waals surface area contributed by atoms with Crippen molar-refractivity contribution < 1.29 is 14.5 Å². The van der Waals surface area contributed by atoms with Crippen LogP contribution in [0.25, 0.3) is 0 Å². The van der Waals surface area contributed by atoms with Gasteiger partial charge in [0, 0.05) is 28.5 Å². The molecule has 2 aromatic rings. The lowest BCUT2D eigenvalue weighted by Crippen LogP contribution is -2.46. The monoisotopic (exact) mass is 400 g/mol. The normalized spacial score (nSPS) is 16.2. The molecule has 0 spiro atoms.